The van der Waals surface area contributed by atoms with Crippen molar-refractivity contribution in [1.82, 2.24) is 5.32 Å². The number of thioether (sulfide) groups is 1. The molecule has 0 bridgehead atoms. The number of amides is 3. The van der Waals surface area contributed by atoms with Gasteiger partial charge in [-0.15, -0.1) is 0 Å². The van der Waals surface area contributed by atoms with E-state index >= 15 is 0 Å². The largest absolute Gasteiger partial charge is 0.497 e. The van der Waals surface area contributed by atoms with Gasteiger partial charge in [0.1, 0.15) is 11.0 Å². The van der Waals surface area contributed by atoms with E-state index in [9.17, 15) is 19.2 Å². The fourth-order valence-electron chi connectivity index (χ4n) is 2.12. The minimum absolute atomic E-state index is 0.0205. The van der Waals surface area contributed by atoms with Crippen LogP contribution in [-0.2, 0) is 14.4 Å². The van der Waals surface area contributed by atoms with Gasteiger partial charge < -0.3 is 15.2 Å². The van der Waals surface area contributed by atoms with E-state index in [0.717, 1.165) is 16.7 Å². The Labute approximate surface area is 142 Å². The number of hydrogen-bond acceptors (Lipinski definition) is 6. The second-order valence-electron chi connectivity index (χ2n) is 4.95. The summed E-state index contributed by atoms with van der Waals surface area (Å²) in [5, 5.41) is 9.65. The van der Waals surface area contributed by atoms with Gasteiger partial charge in [0.25, 0.3) is 5.24 Å². The zero-order valence-electron chi connectivity index (χ0n) is 12.9. The molecule has 9 heteroatoms. The molecule has 24 heavy (non-hydrogen) atoms. The van der Waals surface area contributed by atoms with Crippen LogP contribution in [0.25, 0.3) is 0 Å². The second kappa shape index (κ2) is 7.82. The highest BCUT2D eigenvalue weighted by molar-refractivity contribution is 8.15. The minimum Gasteiger partial charge on any atom is -0.497 e. The third kappa shape index (κ3) is 4.25. The highest BCUT2D eigenvalue weighted by atomic mass is 32.2. The lowest BCUT2D eigenvalue weighted by molar-refractivity contribution is -0.137. The number of imide groups is 1. The molecule has 1 unspecified atom stereocenters. The first-order chi connectivity index (χ1) is 11.4. The molecule has 0 aliphatic carbocycles. The third-order valence-electron chi connectivity index (χ3n) is 3.26. The molecule has 0 aromatic heterocycles. The Kier molecular flexibility index (Phi) is 5.80. The molecule has 1 saturated heterocycles. The number of methoxy groups -OCH3 is 1. The average molecular weight is 352 g/mol. The van der Waals surface area contributed by atoms with Crippen molar-refractivity contribution in [3.8, 4) is 5.75 Å². The molecule has 1 aromatic carbocycles. The van der Waals surface area contributed by atoms with Gasteiger partial charge in [-0.1, -0.05) is 6.07 Å². The summed E-state index contributed by atoms with van der Waals surface area (Å²) in [6, 6.07) is 6.51. The fourth-order valence-corrected chi connectivity index (χ4v) is 3.10. The zero-order chi connectivity index (χ0) is 17.7. The predicted molar refractivity (Wildman–Crippen MR) is 87.1 cm³/mol. The Morgan fingerprint density at radius 2 is 2.12 bits per heavy atom. The van der Waals surface area contributed by atoms with Crippen LogP contribution in [0.1, 0.15) is 12.8 Å². The van der Waals surface area contributed by atoms with Crippen LogP contribution in [-0.4, -0.2) is 47.0 Å². The molecule has 1 heterocycles. The number of carbonyl (C=O) groups excluding carboxylic acids is 3. The van der Waals surface area contributed by atoms with E-state index in [2.05, 4.69) is 5.32 Å². The Hall–Kier alpha value is -2.55. The normalized spacial score (nSPS) is 17.0. The molecule has 1 atom stereocenters. The average Bonchev–Trinajstić information content (AvgIpc) is 2.81. The molecule has 2 N–H and O–H groups in total. The molecule has 0 spiro atoms. The Morgan fingerprint density at radius 1 is 1.38 bits per heavy atom. The lowest BCUT2D eigenvalue weighted by Gasteiger charge is -2.14. The molecular weight excluding hydrogens is 336 g/mol. The van der Waals surface area contributed by atoms with E-state index < -0.39 is 28.3 Å². The molecule has 1 aliphatic rings. The fraction of sp³-hybridized carbons (Fsp3) is 0.333. The summed E-state index contributed by atoms with van der Waals surface area (Å²) in [6.07, 6.45) is -0.387. The second-order valence-corrected chi connectivity index (χ2v) is 6.10. The van der Waals surface area contributed by atoms with Crippen molar-refractivity contribution in [3.05, 3.63) is 24.3 Å². The Balaban J connectivity index is 2.00. The van der Waals surface area contributed by atoms with Gasteiger partial charge in [0.2, 0.25) is 11.8 Å². The highest BCUT2D eigenvalue weighted by Crippen LogP contribution is 2.34. The summed E-state index contributed by atoms with van der Waals surface area (Å²) < 4.78 is 5.07. The molecule has 3 amide bonds. The van der Waals surface area contributed by atoms with Crippen molar-refractivity contribution < 1.29 is 29.0 Å². The van der Waals surface area contributed by atoms with Crippen molar-refractivity contribution in [2.45, 2.75) is 18.1 Å². The van der Waals surface area contributed by atoms with E-state index in [1.807, 2.05) is 0 Å². The lowest BCUT2D eigenvalue weighted by atomic mass is 10.2. The van der Waals surface area contributed by atoms with Gasteiger partial charge in [-0.3, -0.25) is 19.2 Å². The van der Waals surface area contributed by atoms with Crippen LogP contribution in [0.2, 0.25) is 0 Å². The van der Waals surface area contributed by atoms with Crippen LogP contribution < -0.4 is 15.0 Å². The molecule has 128 valence electrons. The molecule has 8 nitrogen and oxygen atoms in total. The van der Waals surface area contributed by atoms with Gasteiger partial charge >= 0.3 is 5.97 Å². The maximum Gasteiger partial charge on any atom is 0.305 e. The summed E-state index contributed by atoms with van der Waals surface area (Å²) in [6.45, 7) is -0.0205. The summed E-state index contributed by atoms with van der Waals surface area (Å²) >= 11 is 0.778. The van der Waals surface area contributed by atoms with Gasteiger partial charge in [0.05, 0.1) is 19.2 Å². The molecule has 2 rings (SSSR count). The third-order valence-corrected chi connectivity index (χ3v) is 4.30. The van der Waals surface area contributed by atoms with Crippen molar-refractivity contribution >= 4 is 40.5 Å². The van der Waals surface area contributed by atoms with E-state index in [1.165, 1.54) is 7.11 Å². The van der Waals surface area contributed by atoms with Crippen molar-refractivity contribution in [2.75, 3.05) is 18.6 Å². The monoisotopic (exact) mass is 352 g/mol. The first-order valence-electron chi connectivity index (χ1n) is 7.09. The molecule has 1 aliphatic heterocycles. The SMILES string of the molecule is COc1cccc(N2C(=O)SC(CC(=O)NCCC(=O)O)C2=O)c1. The number of carboxylic acids is 1. The summed E-state index contributed by atoms with van der Waals surface area (Å²) in [5.41, 5.74) is 0.380. The van der Waals surface area contributed by atoms with Crippen molar-refractivity contribution in [3.63, 3.8) is 0 Å². The van der Waals surface area contributed by atoms with E-state index in [1.54, 1.807) is 24.3 Å². The van der Waals surface area contributed by atoms with Gasteiger partial charge in [-0.05, 0) is 23.9 Å². The maximum absolute atomic E-state index is 12.4. The molecule has 0 saturated carbocycles. The first kappa shape index (κ1) is 17.8. The van der Waals surface area contributed by atoms with Crippen molar-refractivity contribution in [2.24, 2.45) is 0 Å². The van der Waals surface area contributed by atoms with Crippen LogP contribution in [0.5, 0.6) is 5.75 Å². The Morgan fingerprint density at radius 3 is 2.79 bits per heavy atom. The zero-order valence-corrected chi connectivity index (χ0v) is 13.7. The number of rotatable bonds is 7. The van der Waals surface area contributed by atoms with Crippen LogP contribution in [0.15, 0.2) is 24.3 Å². The van der Waals surface area contributed by atoms with Gasteiger partial charge in [0.15, 0.2) is 0 Å². The number of nitrogens with one attached hydrogen (secondary N) is 1. The smallest absolute Gasteiger partial charge is 0.305 e. The number of carboxylic acid groups (broad SMARTS) is 1. The van der Waals surface area contributed by atoms with Gasteiger partial charge in [0, 0.05) is 19.0 Å². The molecular formula is C15H16N2O6S. The first-order valence-corrected chi connectivity index (χ1v) is 7.97. The topological polar surface area (TPSA) is 113 Å². The van der Waals surface area contributed by atoms with E-state index in [4.69, 9.17) is 9.84 Å². The number of aliphatic carboxylic acids is 1. The Bertz CT molecular complexity index is 678. The van der Waals surface area contributed by atoms with Crippen molar-refractivity contribution in [1.29, 1.82) is 0 Å². The molecule has 1 fully saturated rings. The summed E-state index contributed by atoms with van der Waals surface area (Å²) in [7, 11) is 1.48. The molecule has 0 radical (unpaired) electrons. The molecule has 1 aromatic rings. The standard InChI is InChI=1S/C15H16N2O6S/c1-23-10-4-2-3-9(7-10)17-14(21)11(24-15(17)22)8-12(18)16-6-5-13(19)20/h2-4,7,11H,5-6,8H2,1H3,(H,16,18)(H,19,20). The van der Waals surface area contributed by atoms with Crippen LogP contribution in [0.4, 0.5) is 10.5 Å². The predicted octanol–water partition coefficient (Wildman–Crippen LogP) is 1.24. The van der Waals surface area contributed by atoms with Crippen LogP contribution >= 0.6 is 11.8 Å². The summed E-state index contributed by atoms with van der Waals surface area (Å²) in [5.74, 6) is -1.47. The lowest BCUT2D eigenvalue weighted by Crippen LogP contribution is -2.34. The van der Waals surface area contributed by atoms with E-state index in [0.29, 0.717) is 11.4 Å². The number of carbonyl (C=O) groups is 4. The van der Waals surface area contributed by atoms with Crippen LogP contribution in [0.3, 0.4) is 0 Å². The quantitative estimate of drug-likeness (QED) is 0.759. The maximum atomic E-state index is 12.4. The number of nitrogens with zero attached hydrogens (tertiary/aromatic N) is 1. The van der Waals surface area contributed by atoms with Gasteiger partial charge in [-0.25, -0.2) is 4.90 Å². The number of anilines is 1. The van der Waals surface area contributed by atoms with Crippen LogP contribution in [0, 0.1) is 0 Å². The van der Waals surface area contributed by atoms with E-state index in [-0.39, 0.29) is 19.4 Å². The number of hydrogen-bond donors (Lipinski definition) is 2. The highest BCUT2D eigenvalue weighted by Gasteiger charge is 2.41. The minimum atomic E-state index is -1.03. The van der Waals surface area contributed by atoms with Gasteiger partial charge in [-0.2, -0.15) is 0 Å². The summed E-state index contributed by atoms with van der Waals surface area (Å²) in [4.78, 5) is 47.7. The number of ether oxygens (including phenoxy) is 1. The number of benzene rings is 1.